The fourth-order valence-electron chi connectivity index (χ4n) is 1.94. The Morgan fingerprint density at radius 2 is 1.96 bits per heavy atom. The third kappa shape index (κ3) is 7.04. The second-order valence-electron chi connectivity index (χ2n) is 5.58. The van der Waals surface area contributed by atoms with Crippen LogP contribution < -0.4 is 4.74 Å². The van der Waals surface area contributed by atoms with Crippen LogP contribution in [-0.4, -0.2) is 24.3 Å². The molecule has 0 aliphatic heterocycles. The molecule has 0 radical (unpaired) electrons. The molecule has 1 N–H and O–H groups in total. The Labute approximate surface area is 138 Å². The van der Waals surface area contributed by atoms with E-state index in [2.05, 4.69) is 26.8 Å². The van der Waals surface area contributed by atoms with Crippen molar-refractivity contribution in [3.63, 3.8) is 0 Å². The first-order valence-corrected chi connectivity index (χ1v) is 7.86. The van der Waals surface area contributed by atoms with Crippen LogP contribution in [0.4, 0.5) is 0 Å². The van der Waals surface area contributed by atoms with Crippen molar-refractivity contribution in [1.29, 1.82) is 0 Å². The van der Waals surface area contributed by atoms with Crippen molar-refractivity contribution in [2.45, 2.75) is 40.5 Å². The van der Waals surface area contributed by atoms with Gasteiger partial charge in [-0.05, 0) is 64.8 Å². The highest BCUT2D eigenvalue weighted by molar-refractivity contribution is 5.90. The summed E-state index contributed by atoms with van der Waals surface area (Å²) in [6, 6.07) is 4.45. The van der Waals surface area contributed by atoms with Crippen molar-refractivity contribution < 1.29 is 19.4 Å². The number of allylic oxidation sites excluding steroid dienone is 3. The third-order valence-corrected chi connectivity index (χ3v) is 3.23. The molecule has 1 rings (SSSR count). The van der Waals surface area contributed by atoms with E-state index in [9.17, 15) is 9.90 Å². The van der Waals surface area contributed by atoms with Gasteiger partial charge in [-0.1, -0.05) is 17.2 Å². The zero-order chi connectivity index (χ0) is 17.2. The number of aromatic hydroxyl groups is 1. The molecule has 0 saturated heterocycles. The molecule has 1 aromatic rings. The molecule has 1 aromatic carbocycles. The summed E-state index contributed by atoms with van der Waals surface area (Å²) in [6.07, 6.45) is 6.17. The SMILES string of the molecule is CCOC(=O)c1ccc(O)c(OCC=C(C)CCC=C(C)C)c1. The van der Waals surface area contributed by atoms with E-state index >= 15 is 0 Å². The van der Waals surface area contributed by atoms with Gasteiger partial charge >= 0.3 is 5.97 Å². The van der Waals surface area contributed by atoms with Gasteiger partial charge in [-0.3, -0.25) is 0 Å². The Bertz CT molecular complexity index is 581. The van der Waals surface area contributed by atoms with E-state index in [0.717, 1.165) is 12.8 Å². The standard InChI is InChI=1S/C19H26O4/c1-5-22-19(21)16-9-10-17(20)18(13-16)23-12-11-15(4)8-6-7-14(2)3/h7,9-11,13,20H,5-6,8,12H2,1-4H3. The van der Waals surface area contributed by atoms with Gasteiger partial charge in [0.2, 0.25) is 0 Å². The summed E-state index contributed by atoms with van der Waals surface area (Å²) in [5.74, 6) is -0.136. The van der Waals surface area contributed by atoms with Crippen LogP contribution in [0.25, 0.3) is 0 Å². The van der Waals surface area contributed by atoms with Crippen molar-refractivity contribution >= 4 is 5.97 Å². The fraction of sp³-hybridized carbons (Fsp3) is 0.421. The lowest BCUT2D eigenvalue weighted by atomic mass is 10.1. The first kappa shape index (κ1) is 18.8. The summed E-state index contributed by atoms with van der Waals surface area (Å²) in [5.41, 5.74) is 2.90. The van der Waals surface area contributed by atoms with Crippen LogP contribution >= 0.6 is 0 Å². The molecule has 4 heteroatoms. The lowest BCUT2D eigenvalue weighted by Crippen LogP contribution is -2.05. The highest BCUT2D eigenvalue weighted by atomic mass is 16.5. The Balaban J connectivity index is 2.61. The summed E-state index contributed by atoms with van der Waals surface area (Å²) in [4.78, 5) is 11.7. The van der Waals surface area contributed by atoms with Gasteiger partial charge < -0.3 is 14.6 Å². The Morgan fingerprint density at radius 3 is 2.61 bits per heavy atom. The van der Waals surface area contributed by atoms with Crippen molar-refractivity contribution in [1.82, 2.24) is 0 Å². The molecule has 4 nitrogen and oxygen atoms in total. The van der Waals surface area contributed by atoms with Gasteiger partial charge in [0.05, 0.1) is 12.2 Å². The van der Waals surface area contributed by atoms with Crippen molar-refractivity contribution in [3.8, 4) is 11.5 Å². The van der Waals surface area contributed by atoms with Crippen LogP contribution in [0.1, 0.15) is 50.9 Å². The number of hydrogen-bond acceptors (Lipinski definition) is 4. The molecule has 0 heterocycles. The maximum atomic E-state index is 11.7. The van der Waals surface area contributed by atoms with Gasteiger partial charge in [-0.2, -0.15) is 0 Å². The molecule has 126 valence electrons. The van der Waals surface area contributed by atoms with Gasteiger partial charge in [0.25, 0.3) is 0 Å². The van der Waals surface area contributed by atoms with Crippen LogP contribution in [-0.2, 0) is 4.74 Å². The van der Waals surface area contributed by atoms with E-state index in [1.165, 1.54) is 29.3 Å². The van der Waals surface area contributed by atoms with E-state index in [0.29, 0.717) is 18.8 Å². The quantitative estimate of drug-likeness (QED) is 0.560. The molecule has 0 aromatic heterocycles. The maximum absolute atomic E-state index is 11.7. The number of esters is 1. The number of carbonyl (C=O) groups excluding carboxylic acids is 1. The average Bonchev–Trinajstić information content (AvgIpc) is 2.49. The largest absolute Gasteiger partial charge is 0.504 e. The second kappa shape index (κ2) is 9.72. The molecule has 0 aliphatic carbocycles. The predicted molar refractivity (Wildman–Crippen MR) is 92.0 cm³/mol. The van der Waals surface area contributed by atoms with Crippen LogP contribution in [0.5, 0.6) is 11.5 Å². The second-order valence-corrected chi connectivity index (χ2v) is 5.58. The highest BCUT2D eigenvalue weighted by Crippen LogP contribution is 2.27. The minimum atomic E-state index is -0.425. The van der Waals surface area contributed by atoms with Gasteiger partial charge in [-0.25, -0.2) is 4.79 Å². The molecule has 0 fully saturated rings. The molecule has 0 aliphatic rings. The molecule has 0 spiro atoms. The topological polar surface area (TPSA) is 55.8 Å². The van der Waals surface area contributed by atoms with Crippen LogP contribution in [0, 0.1) is 0 Å². The zero-order valence-corrected chi connectivity index (χ0v) is 14.4. The first-order chi connectivity index (χ1) is 10.9. The van der Waals surface area contributed by atoms with E-state index in [1.807, 2.05) is 6.08 Å². The van der Waals surface area contributed by atoms with E-state index in [4.69, 9.17) is 9.47 Å². The summed E-state index contributed by atoms with van der Waals surface area (Å²) in [6.45, 7) is 8.63. The van der Waals surface area contributed by atoms with Crippen LogP contribution in [0.2, 0.25) is 0 Å². The molecule has 0 amide bonds. The Morgan fingerprint density at radius 1 is 1.22 bits per heavy atom. The Hall–Kier alpha value is -2.23. The molecular weight excluding hydrogens is 292 g/mol. The zero-order valence-electron chi connectivity index (χ0n) is 14.4. The van der Waals surface area contributed by atoms with Crippen molar-refractivity contribution in [2.24, 2.45) is 0 Å². The monoisotopic (exact) mass is 318 g/mol. The number of benzene rings is 1. The third-order valence-electron chi connectivity index (χ3n) is 3.23. The van der Waals surface area contributed by atoms with Crippen molar-refractivity contribution in [3.05, 3.63) is 47.1 Å². The van der Waals surface area contributed by atoms with Gasteiger partial charge in [0.1, 0.15) is 6.61 Å². The van der Waals surface area contributed by atoms with Crippen molar-refractivity contribution in [2.75, 3.05) is 13.2 Å². The Kier molecular flexibility index (Phi) is 7.95. The van der Waals surface area contributed by atoms with Crippen LogP contribution in [0.15, 0.2) is 41.5 Å². The predicted octanol–water partition coefficient (Wildman–Crippen LogP) is 4.64. The molecule has 0 bridgehead atoms. The maximum Gasteiger partial charge on any atom is 0.338 e. The fourth-order valence-corrected chi connectivity index (χ4v) is 1.94. The number of phenolic OH excluding ortho intramolecular Hbond substituents is 1. The summed E-state index contributed by atoms with van der Waals surface area (Å²) < 4.78 is 10.5. The number of carbonyl (C=O) groups is 1. The van der Waals surface area contributed by atoms with Gasteiger partial charge in [0, 0.05) is 0 Å². The molecular formula is C19H26O4. The van der Waals surface area contributed by atoms with Crippen LogP contribution in [0.3, 0.4) is 0 Å². The summed E-state index contributed by atoms with van der Waals surface area (Å²) in [7, 11) is 0. The van der Waals surface area contributed by atoms with E-state index in [-0.39, 0.29) is 11.5 Å². The van der Waals surface area contributed by atoms with Gasteiger partial charge in [-0.15, -0.1) is 0 Å². The molecule has 23 heavy (non-hydrogen) atoms. The highest BCUT2D eigenvalue weighted by Gasteiger charge is 2.10. The van der Waals surface area contributed by atoms with Gasteiger partial charge in [0.15, 0.2) is 11.5 Å². The number of ether oxygens (including phenoxy) is 2. The molecule has 0 unspecified atom stereocenters. The van der Waals surface area contributed by atoms with E-state index < -0.39 is 5.97 Å². The number of hydrogen-bond donors (Lipinski definition) is 1. The first-order valence-electron chi connectivity index (χ1n) is 7.86. The number of rotatable bonds is 8. The average molecular weight is 318 g/mol. The summed E-state index contributed by atoms with van der Waals surface area (Å²) >= 11 is 0. The smallest absolute Gasteiger partial charge is 0.338 e. The summed E-state index contributed by atoms with van der Waals surface area (Å²) in [5, 5.41) is 9.81. The van der Waals surface area contributed by atoms with E-state index in [1.54, 1.807) is 6.92 Å². The molecule has 0 atom stereocenters. The molecule has 0 saturated carbocycles. The normalized spacial score (nSPS) is 11.0. The number of phenols is 1. The lowest BCUT2D eigenvalue weighted by molar-refractivity contribution is 0.0526. The minimum absolute atomic E-state index is 0.00800. The minimum Gasteiger partial charge on any atom is -0.504 e. The lowest BCUT2D eigenvalue weighted by Gasteiger charge is -2.09.